The number of ether oxygens (including phenoxy) is 1. The van der Waals surface area contributed by atoms with E-state index >= 15 is 0 Å². The number of para-hydroxylation sites is 1. The van der Waals surface area contributed by atoms with Gasteiger partial charge in [0.2, 0.25) is 0 Å². The van der Waals surface area contributed by atoms with Crippen LogP contribution in [0.4, 0.5) is 0 Å². The molecule has 0 saturated carbocycles. The summed E-state index contributed by atoms with van der Waals surface area (Å²) in [6, 6.07) is 4.89. The Morgan fingerprint density at radius 1 is 1.43 bits per heavy atom. The van der Waals surface area contributed by atoms with Gasteiger partial charge in [0.05, 0.1) is 22.6 Å². The second-order valence-electron chi connectivity index (χ2n) is 5.31. The standard InChI is InChI=1S/C14H16INO5/c1-7-11-10(6-17)21-16(12(11)14(19)20-7)5-8-3-2-4-9(15)13(8)18/h2-4,7,10-12,17-18H,5-6H2,1H3/t7-,10-,11+,12-/m0/s1. The number of hydrogen-bond acceptors (Lipinski definition) is 6. The van der Waals surface area contributed by atoms with Crippen LogP contribution in [0.5, 0.6) is 5.75 Å². The number of carbonyl (C=O) groups excluding carboxylic acids is 1. The van der Waals surface area contributed by atoms with E-state index in [0.717, 1.165) is 3.57 Å². The molecule has 2 saturated heterocycles. The largest absolute Gasteiger partial charge is 0.507 e. The molecule has 0 bridgehead atoms. The minimum atomic E-state index is -0.533. The molecule has 0 amide bonds. The fraction of sp³-hybridized carbons (Fsp3) is 0.500. The summed E-state index contributed by atoms with van der Waals surface area (Å²) in [4.78, 5) is 17.7. The third kappa shape index (κ3) is 2.52. The van der Waals surface area contributed by atoms with Crippen molar-refractivity contribution in [3.05, 3.63) is 27.3 Å². The van der Waals surface area contributed by atoms with Crippen molar-refractivity contribution in [3.63, 3.8) is 0 Å². The smallest absolute Gasteiger partial charge is 0.326 e. The lowest BCUT2D eigenvalue weighted by Gasteiger charge is -2.20. The molecule has 21 heavy (non-hydrogen) atoms. The monoisotopic (exact) mass is 405 g/mol. The van der Waals surface area contributed by atoms with Crippen LogP contribution in [0.15, 0.2) is 18.2 Å². The molecule has 2 heterocycles. The zero-order valence-corrected chi connectivity index (χ0v) is 13.6. The van der Waals surface area contributed by atoms with Crippen molar-refractivity contribution in [2.45, 2.75) is 31.7 Å². The molecule has 2 fully saturated rings. The number of halogens is 1. The quantitative estimate of drug-likeness (QED) is 0.578. The number of phenols is 1. The second-order valence-corrected chi connectivity index (χ2v) is 6.48. The van der Waals surface area contributed by atoms with Gasteiger partial charge in [-0.05, 0) is 35.6 Å². The first-order chi connectivity index (χ1) is 10.0. The number of hydrogen-bond donors (Lipinski definition) is 2. The van der Waals surface area contributed by atoms with E-state index in [0.29, 0.717) is 5.56 Å². The van der Waals surface area contributed by atoms with Gasteiger partial charge in [-0.2, -0.15) is 5.06 Å². The average Bonchev–Trinajstić information content (AvgIpc) is 2.95. The average molecular weight is 405 g/mol. The first kappa shape index (κ1) is 15.0. The fourth-order valence-electron chi connectivity index (χ4n) is 3.02. The van der Waals surface area contributed by atoms with E-state index in [4.69, 9.17) is 9.57 Å². The van der Waals surface area contributed by atoms with Crippen molar-refractivity contribution < 1.29 is 24.6 Å². The molecule has 2 aliphatic rings. The number of phenolic OH excluding ortho intramolecular Hbond substituents is 1. The number of cyclic esters (lactones) is 1. The maximum Gasteiger partial charge on any atom is 0.326 e. The highest BCUT2D eigenvalue weighted by Crippen LogP contribution is 2.39. The lowest BCUT2D eigenvalue weighted by Crippen LogP contribution is -2.35. The predicted octanol–water partition coefficient (Wildman–Crippen LogP) is 1.03. The Bertz CT molecular complexity index is 566. The van der Waals surface area contributed by atoms with Crippen LogP contribution in [0.25, 0.3) is 0 Å². The molecule has 2 N–H and O–H groups in total. The molecule has 0 spiro atoms. The third-order valence-electron chi connectivity index (χ3n) is 4.04. The lowest BCUT2D eigenvalue weighted by atomic mass is 9.93. The predicted molar refractivity (Wildman–Crippen MR) is 81.2 cm³/mol. The summed E-state index contributed by atoms with van der Waals surface area (Å²) in [5.41, 5.74) is 0.673. The van der Waals surface area contributed by atoms with Crippen molar-refractivity contribution in [1.29, 1.82) is 0 Å². The number of rotatable bonds is 3. The van der Waals surface area contributed by atoms with E-state index in [9.17, 15) is 15.0 Å². The number of esters is 1. The maximum absolute atomic E-state index is 12.0. The fourth-order valence-corrected chi connectivity index (χ4v) is 3.57. The van der Waals surface area contributed by atoms with Crippen LogP contribution in [-0.2, 0) is 20.9 Å². The van der Waals surface area contributed by atoms with Gasteiger partial charge in [0, 0.05) is 5.56 Å². The van der Waals surface area contributed by atoms with E-state index in [1.807, 2.05) is 28.7 Å². The third-order valence-corrected chi connectivity index (χ3v) is 4.91. The van der Waals surface area contributed by atoms with Crippen LogP contribution in [-0.4, -0.2) is 46.1 Å². The van der Waals surface area contributed by atoms with Crippen LogP contribution in [0, 0.1) is 9.49 Å². The molecule has 2 aliphatic heterocycles. The topological polar surface area (TPSA) is 79.2 Å². The van der Waals surface area contributed by atoms with E-state index < -0.39 is 12.1 Å². The molecular weight excluding hydrogens is 389 g/mol. The zero-order valence-electron chi connectivity index (χ0n) is 11.4. The Hall–Kier alpha value is -0.900. The molecule has 0 unspecified atom stereocenters. The van der Waals surface area contributed by atoms with Crippen molar-refractivity contribution in [3.8, 4) is 5.75 Å². The first-order valence-corrected chi connectivity index (χ1v) is 7.82. The Balaban J connectivity index is 1.86. The molecular formula is C14H16INO5. The molecule has 3 rings (SSSR count). The minimum absolute atomic E-state index is 0.170. The number of carbonyl (C=O) groups is 1. The van der Waals surface area contributed by atoms with Gasteiger partial charge in [-0.1, -0.05) is 12.1 Å². The normalized spacial score (nSPS) is 32.2. The summed E-state index contributed by atoms with van der Waals surface area (Å²) in [5, 5.41) is 21.0. The van der Waals surface area contributed by atoms with Crippen LogP contribution >= 0.6 is 22.6 Å². The second kappa shape index (κ2) is 5.71. The molecule has 114 valence electrons. The van der Waals surface area contributed by atoms with Gasteiger partial charge in [0.15, 0.2) is 0 Å². The Kier molecular flexibility index (Phi) is 4.08. The van der Waals surface area contributed by atoms with Crippen molar-refractivity contribution >= 4 is 28.6 Å². The molecule has 4 atom stereocenters. The Labute approximate surface area is 135 Å². The summed E-state index contributed by atoms with van der Waals surface area (Å²) in [6.07, 6.45) is -0.740. The molecule has 6 nitrogen and oxygen atoms in total. The van der Waals surface area contributed by atoms with Crippen LogP contribution in [0.3, 0.4) is 0 Å². The number of aliphatic hydroxyl groups is 1. The number of hydroxylamine groups is 2. The van der Waals surface area contributed by atoms with Gasteiger partial charge >= 0.3 is 5.97 Å². The first-order valence-electron chi connectivity index (χ1n) is 6.74. The summed E-state index contributed by atoms with van der Waals surface area (Å²) in [6.45, 7) is 1.90. The molecule has 1 aromatic carbocycles. The number of benzene rings is 1. The number of nitrogens with zero attached hydrogens (tertiary/aromatic N) is 1. The van der Waals surface area contributed by atoms with Gasteiger partial charge in [-0.15, -0.1) is 0 Å². The Morgan fingerprint density at radius 3 is 2.90 bits per heavy atom. The van der Waals surface area contributed by atoms with Crippen molar-refractivity contribution in [2.75, 3.05) is 6.61 Å². The van der Waals surface area contributed by atoms with Gasteiger partial charge in [0.1, 0.15) is 24.0 Å². The minimum Gasteiger partial charge on any atom is -0.507 e. The molecule has 0 aromatic heterocycles. The summed E-state index contributed by atoms with van der Waals surface area (Å²) < 4.78 is 5.98. The zero-order chi connectivity index (χ0) is 15.1. The van der Waals surface area contributed by atoms with Gasteiger partial charge in [-0.3, -0.25) is 9.63 Å². The summed E-state index contributed by atoms with van der Waals surface area (Å²) >= 11 is 2.05. The van der Waals surface area contributed by atoms with E-state index in [-0.39, 0.29) is 36.9 Å². The van der Waals surface area contributed by atoms with Gasteiger partial charge in [-0.25, -0.2) is 0 Å². The highest BCUT2D eigenvalue weighted by Gasteiger charge is 2.56. The lowest BCUT2D eigenvalue weighted by molar-refractivity contribution is -0.195. The maximum atomic E-state index is 12.0. The molecule has 1 aromatic rings. The van der Waals surface area contributed by atoms with Crippen molar-refractivity contribution in [1.82, 2.24) is 5.06 Å². The number of fused-ring (bicyclic) bond motifs is 1. The number of aromatic hydroxyl groups is 1. The van der Waals surface area contributed by atoms with Crippen molar-refractivity contribution in [2.24, 2.45) is 5.92 Å². The van der Waals surface area contributed by atoms with E-state index in [1.165, 1.54) is 5.06 Å². The number of aliphatic hydroxyl groups excluding tert-OH is 1. The van der Waals surface area contributed by atoms with Crippen LogP contribution in [0.1, 0.15) is 12.5 Å². The summed E-state index contributed by atoms with van der Waals surface area (Å²) in [7, 11) is 0. The Morgan fingerprint density at radius 2 is 2.19 bits per heavy atom. The summed E-state index contributed by atoms with van der Waals surface area (Å²) in [5.74, 6) is -0.342. The SMILES string of the molecule is C[C@@H]1OC(=O)[C@@H]2[C@H]1[C@H](CO)ON2Cc1cccc(I)c1O. The van der Waals surface area contributed by atoms with E-state index in [1.54, 1.807) is 19.1 Å². The van der Waals surface area contributed by atoms with Gasteiger partial charge < -0.3 is 14.9 Å². The molecule has 7 heteroatoms. The van der Waals surface area contributed by atoms with Crippen LogP contribution in [0.2, 0.25) is 0 Å². The van der Waals surface area contributed by atoms with E-state index in [2.05, 4.69) is 0 Å². The van der Waals surface area contributed by atoms with Crippen LogP contribution < -0.4 is 0 Å². The molecule has 0 aliphatic carbocycles. The molecule has 0 radical (unpaired) electrons. The van der Waals surface area contributed by atoms with Gasteiger partial charge in [0.25, 0.3) is 0 Å². The highest BCUT2D eigenvalue weighted by atomic mass is 127. The highest BCUT2D eigenvalue weighted by molar-refractivity contribution is 14.1.